The summed E-state index contributed by atoms with van der Waals surface area (Å²) < 4.78 is 4.65. The van der Waals surface area contributed by atoms with E-state index < -0.39 is 9.76 Å². The van der Waals surface area contributed by atoms with Crippen LogP contribution in [0.3, 0.4) is 0 Å². The lowest BCUT2D eigenvalue weighted by atomic mass is 10.5. The van der Waals surface area contributed by atoms with Gasteiger partial charge >= 0.3 is 5.97 Å². The molecule has 0 aliphatic carbocycles. The molecule has 0 aliphatic rings. The van der Waals surface area contributed by atoms with Gasteiger partial charge in [-0.1, -0.05) is 58.0 Å². The van der Waals surface area contributed by atoms with Crippen molar-refractivity contribution in [3.63, 3.8) is 0 Å². The Morgan fingerprint density at radius 3 is 2.63 bits per heavy atom. The van der Waals surface area contributed by atoms with Gasteiger partial charge in [0.2, 0.25) is 3.79 Å². The number of pyridine rings is 1. The monoisotopic (exact) mass is 360 g/mol. The van der Waals surface area contributed by atoms with Crippen LogP contribution in [0.25, 0.3) is 5.65 Å². The molecule has 0 fully saturated rings. The summed E-state index contributed by atoms with van der Waals surface area (Å²) in [6, 6.07) is 1.52. The number of fused-ring (bicyclic) bond motifs is 1. The summed E-state index contributed by atoms with van der Waals surface area (Å²) in [6.07, 6.45) is 2.98. The number of carbonyl (C=O) groups excluding carboxylic acids is 1. The zero-order valence-electron chi connectivity index (χ0n) is 9.04. The maximum absolute atomic E-state index is 11.7. The number of esters is 1. The summed E-state index contributed by atoms with van der Waals surface area (Å²) in [6.45, 7) is -0.376. The molecule has 2 aromatic rings. The lowest BCUT2D eigenvalue weighted by molar-refractivity contribution is 0.0506. The molecule has 0 spiro atoms. The summed E-state index contributed by atoms with van der Waals surface area (Å²) in [5, 5.41) is 0.726. The topological polar surface area (TPSA) is 43.6 Å². The number of hydrogen-bond acceptors (Lipinski definition) is 3. The number of halogens is 5. The molecule has 0 N–H and O–H groups in total. The fourth-order valence-electron chi connectivity index (χ4n) is 1.34. The Kier molecular flexibility index (Phi) is 4.38. The molecule has 0 saturated carbocycles. The van der Waals surface area contributed by atoms with Crippen LogP contribution in [0.4, 0.5) is 0 Å². The summed E-state index contributed by atoms with van der Waals surface area (Å²) in [5.74, 6) is -0.720. The van der Waals surface area contributed by atoms with Gasteiger partial charge in [-0.15, -0.1) is 0 Å². The van der Waals surface area contributed by atoms with Crippen LogP contribution in [-0.2, 0) is 4.74 Å². The molecule has 2 aromatic heterocycles. The Hall–Kier alpha value is -0.390. The molecule has 0 unspecified atom stereocenters. The van der Waals surface area contributed by atoms with Crippen molar-refractivity contribution in [2.75, 3.05) is 6.61 Å². The number of alkyl halides is 3. The van der Waals surface area contributed by atoms with Gasteiger partial charge in [0.15, 0.2) is 11.3 Å². The lowest BCUT2D eigenvalue weighted by Crippen LogP contribution is -2.17. The van der Waals surface area contributed by atoms with E-state index in [-0.39, 0.29) is 12.3 Å². The van der Waals surface area contributed by atoms with E-state index in [0.717, 1.165) is 0 Å². The summed E-state index contributed by atoms with van der Waals surface area (Å²) >= 11 is 28.2. The first-order valence-electron chi connectivity index (χ1n) is 4.84. The second kappa shape index (κ2) is 5.54. The number of rotatable bonds is 2. The van der Waals surface area contributed by atoms with Gasteiger partial charge in [-0.3, -0.25) is 0 Å². The number of imidazole rings is 1. The fourth-order valence-corrected chi connectivity index (χ4v) is 2.04. The van der Waals surface area contributed by atoms with Crippen molar-refractivity contribution in [3.8, 4) is 0 Å². The Bertz CT molecular complexity index is 635. The van der Waals surface area contributed by atoms with Crippen molar-refractivity contribution in [2.24, 2.45) is 0 Å². The average molecular weight is 362 g/mol. The smallest absolute Gasteiger partial charge is 0.358 e. The average Bonchev–Trinajstić information content (AvgIpc) is 2.68. The summed E-state index contributed by atoms with van der Waals surface area (Å²) in [5.41, 5.74) is 0.422. The molecule has 0 amide bonds. The first kappa shape index (κ1) is 15.0. The molecule has 9 heteroatoms. The third-order valence-electron chi connectivity index (χ3n) is 2.05. The Labute approximate surface area is 133 Å². The predicted octanol–water partition coefficient (Wildman–Crippen LogP) is 4.17. The van der Waals surface area contributed by atoms with Gasteiger partial charge in [0.1, 0.15) is 6.61 Å². The highest BCUT2D eigenvalue weighted by Gasteiger charge is 2.23. The molecular formula is C10H5Cl5N2O2. The van der Waals surface area contributed by atoms with Gasteiger partial charge in [0.05, 0.1) is 10.0 Å². The number of carbonyl (C=O) groups is 1. The molecule has 102 valence electrons. The summed E-state index contributed by atoms with van der Waals surface area (Å²) in [4.78, 5) is 15.7. The molecule has 4 nitrogen and oxygen atoms in total. The van der Waals surface area contributed by atoms with Crippen molar-refractivity contribution in [3.05, 3.63) is 34.2 Å². The zero-order valence-corrected chi connectivity index (χ0v) is 12.8. The maximum atomic E-state index is 11.7. The van der Waals surface area contributed by atoms with Crippen LogP contribution < -0.4 is 0 Å². The van der Waals surface area contributed by atoms with Crippen molar-refractivity contribution in [1.82, 2.24) is 9.38 Å². The Balaban J connectivity index is 2.26. The number of ether oxygens (including phenoxy) is 1. The Morgan fingerprint density at radius 2 is 2.00 bits per heavy atom. The van der Waals surface area contributed by atoms with Crippen LogP contribution in [0.5, 0.6) is 0 Å². The highest BCUT2D eigenvalue weighted by atomic mass is 35.6. The molecule has 0 atom stereocenters. The predicted molar refractivity (Wildman–Crippen MR) is 75.8 cm³/mol. The fraction of sp³-hybridized carbons (Fsp3) is 0.200. The van der Waals surface area contributed by atoms with E-state index in [0.29, 0.717) is 15.7 Å². The van der Waals surface area contributed by atoms with Gasteiger partial charge in [0.25, 0.3) is 0 Å². The van der Waals surface area contributed by atoms with Crippen LogP contribution >= 0.6 is 58.0 Å². The van der Waals surface area contributed by atoms with Crippen molar-refractivity contribution in [2.45, 2.75) is 3.79 Å². The van der Waals surface area contributed by atoms with E-state index in [4.69, 9.17) is 62.7 Å². The van der Waals surface area contributed by atoms with Crippen molar-refractivity contribution < 1.29 is 9.53 Å². The van der Waals surface area contributed by atoms with Crippen molar-refractivity contribution in [1.29, 1.82) is 0 Å². The first-order chi connectivity index (χ1) is 8.76. The Morgan fingerprint density at radius 1 is 1.32 bits per heavy atom. The number of nitrogens with zero attached hydrogens (tertiary/aromatic N) is 2. The first-order valence-corrected chi connectivity index (χ1v) is 6.73. The van der Waals surface area contributed by atoms with E-state index in [1.165, 1.54) is 16.7 Å². The van der Waals surface area contributed by atoms with E-state index in [1.807, 2.05) is 0 Å². The van der Waals surface area contributed by atoms with Crippen LogP contribution in [-0.4, -0.2) is 25.8 Å². The molecule has 0 bridgehead atoms. The van der Waals surface area contributed by atoms with E-state index in [9.17, 15) is 4.79 Å². The third-order valence-corrected chi connectivity index (χ3v) is 2.86. The number of aromatic nitrogens is 2. The van der Waals surface area contributed by atoms with Gasteiger partial charge in [-0.25, -0.2) is 9.78 Å². The van der Waals surface area contributed by atoms with Gasteiger partial charge in [0, 0.05) is 12.4 Å². The minimum absolute atomic E-state index is 0.0402. The SMILES string of the molecule is O=C(OCC(Cl)(Cl)Cl)c1cn2cc(Cl)cc(Cl)c2n1. The molecule has 0 saturated heterocycles. The van der Waals surface area contributed by atoms with Gasteiger partial charge in [-0.05, 0) is 6.07 Å². The van der Waals surface area contributed by atoms with E-state index in [1.54, 1.807) is 6.20 Å². The summed E-state index contributed by atoms with van der Waals surface area (Å²) in [7, 11) is 0. The van der Waals surface area contributed by atoms with Gasteiger partial charge < -0.3 is 9.14 Å². The molecule has 2 heterocycles. The van der Waals surface area contributed by atoms with Gasteiger partial charge in [-0.2, -0.15) is 0 Å². The lowest BCUT2D eigenvalue weighted by Gasteiger charge is -2.09. The standard InChI is InChI=1S/C10H5Cl5N2O2/c11-5-1-6(12)8-16-7(3-17(8)2-5)9(18)19-4-10(13,14)15/h1-3H,4H2. The highest BCUT2D eigenvalue weighted by Crippen LogP contribution is 2.26. The maximum Gasteiger partial charge on any atom is 0.358 e. The third kappa shape index (κ3) is 3.80. The second-order valence-electron chi connectivity index (χ2n) is 3.55. The van der Waals surface area contributed by atoms with E-state index >= 15 is 0 Å². The van der Waals surface area contributed by atoms with Crippen LogP contribution in [0.2, 0.25) is 10.0 Å². The van der Waals surface area contributed by atoms with Crippen LogP contribution in [0, 0.1) is 0 Å². The van der Waals surface area contributed by atoms with Crippen LogP contribution in [0.15, 0.2) is 18.5 Å². The van der Waals surface area contributed by atoms with E-state index in [2.05, 4.69) is 4.98 Å². The largest absolute Gasteiger partial charge is 0.456 e. The molecule has 0 aliphatic heterocycles. The zero-order chi connectivity index (χ0) is 14.2. The minimum Gasteiger partial charge on any atom is -0.456 e. The molecule has 0 radical (unpaired) electrons. The normalized spacial score (nSPS) is 11.8. The minimum atomic E-state index is -1.67. The van der Waals surface area contributed by atoms with Crippen LogP contribution in [0.1, 0.15) is 10.5 Å². The molecule has 2 rings (SSSR count). The number of hydrogen-bond donors (Lipinski definition) is 0. The second-order valence-corrected chi connectivity index (χ2v) is 6.91. The van der Waals surface area contributed by atoms with Crippen molar-refractivity contribution >= 4 is 69.6 Å². The molecular weight excluding hydrogens is 357 g/mol. The highest BCUT2D eigenvalue weighted by molar-refractivity contribution is 6.67. The quantitative estimate of drug-likeness (QED) is 0.595. The molecule has 19 heavy (non-hydrogen) atoms. The molecule has 0 aromatic carbocycles.